The Balaban J connectivity index is 1.54. The lowest BCUT2D eigenvalue weighted by Gasteiger charge is -2.36. The molecule has 1 fully saturated rings. The van der Waals surface area contributed by atoms with E-state index in [1.54, 1.807) is 11.8 Å². The molecule has 1 aromatic heterocycles. The highest BCUT2D eigenvalue weighted by Gasteiger charge is 2.31. The second kappa shape index (κ2) is 8.15. The normalized spacial score (nSPS) is 22.4. The lowest BCUT2D eigenvalue weighted by molar-refractivity contribution is 0.0653. The number of hydrogen-bond acceptors (Lipinski definition) is 4. The SMILES string of the molecule is CCC1c2ccsc2CCN1C(=O)c1ccccc1SCC1CCCO1. The second-order valence-electron chi connectivity index (χ2n) is 6.91. The van der Waals surface area contributed by atoms with Crippen LogP contribution in [0, 0.1) is 0 Å². The van der Waals surface area contributed by atoms with Gasteiger partial charge < -0.3 is 9.64 Å². The van der Waals surface area contributed by atoms with Crippen molar-refractivity contribution in [1.82, 2.24) is 4.90 Å². The minimum atomic E-state index is 0.171. The Bertz CT molecular complexity index is 767. The molecule has 0 saturated carbocycles. The van der Waals surface area contributed by atoms with Gasteiger partial charge in [0.15, 0.2) is 0 Å². The van der Waals surface area contributed by atoms with E-state index in [2.05, 4.69) is 29.3 Å². The molecule has 1 amide bonds. The summed E-state index contributed by atoms with van der Waals surface area (Å²) in [4.78, 5) is 18.0. The van der Waals surface area contributed by atoms with Gasteiger partial charge in [0.2, 0.25) is 0 Å². The van der Waals surface area contributed by atoms with Crippen LogP contribution in [-0.4, -0.2) is 35.8 Å². The van der Waals surface area contributed by atoms with Crippen LogP contribution in [0.2, 0.25) is 0 Å². The monoisotopic (exact) mass is 387 g/mol. The van der Waals surface area contributed by atoms with Crippen molar-refractivity contribution in [2.45, 2.75) is 49.6 Å². The third-order valence-corrected chi connectivity index (χ3v) is 7.51. The smallest absolute Gasteiger partial charge is 0.255 e. The predicted molar refractivity (Wildman–Crippen MR) is 108 cm³/mol. The number of thioether (sulfide) groups is 1. The molecule has 1 aromatic carbocycles. The first-order valence-electron chi connectivity index (χ1n) is 9.48. The van der Waals surface area contributed by atoms with Crippen LogP contribution >= 0.6 is 23.1 Å². The molecule has 2 aliphatic heterocycles. The first-order valence-corrected chi connectivity index (χ1v) is 11.3. The number of nitrogens with zero attached hydrogens (tertiary/aromatic N) is 1. The average molecular weight is 388 g/mol. The number of hydrogen-bond donors (Lipinski definition) is 0. The Hall–Kier alpha value is -1.30. The van der Waals surface area contributed by atoms with E-state index in [-0.39, 0.29) is 11.9 Å². The minimum Gasteiger partial charge on any atom is -0.377 e. The zero-order chi connectivity index (χ0) is 17.9. The Morgan fingerprint density at radius 1 is 1.35 bits per heavy atom. The van der Waals surface area contributed by atoms with Crippen molar-refractivity contribution in [2.75, 3.05) is 18.9 Å². The molecule has 0 bridgehead atoms. The first kappa shape index (κ1) is 18.1. The van der Waals surface area contributed by atoms with Gasteiger partial charge in [0.1, 0.15) is 0 Å². The van der Waals surface area contributed by atoms with Gasteiger partial charge in [0, 0.05) is 28.7 Å². The van der Waals surface area contributed by atoms with E-state index in [1.165, 1.54) is 10.4 Å². The summed E-state index contributed by atoms with van der Waals surface area (Å²) in [5.74, 6) is 1.10. The summed E-state index contributed by atoms with van der Waals surface area (Å²) in [6.07, 6.45) is 4.55. The van der Waals surface area contributed by atoms with Crippen LogP contribution in [0.3, 0.4) is 0 Å². The molecular formula is C21H25NO2S2. The van der Waals surface area contributed by atoms with Crippen molar-refractivity contribution in [2.24, 2.45) is 0 Å². The average Bonchev–Trinajstić information content (AvgIpc) is 3.36. The molecule has 26 heavy (non-hydrogen) atoms. The molecule has 0 N–H and O–H groups in total. The summed E-state index contributed by atoms with van der Waals surface area (Å²) in [6, 6.07) is 10.5. The third kappa shape index (κ3) is 3.57. The van der Waals surface area contributed by atoms with Crippen molar-refractivity contribution in [1.29, 1.82) is 0 Å². The Morgan fingerprint density at radius 3 is 3.04 bits per heavy atom. The van der Waals surface area contributed by atoms with Gasteiger partial charge in [-0.3, -0.25) is 4.79 Å². The predicted octanol–water partition coefficient (Wildman–Crippen LogP) is 5.17. The molecule has 2 unspecified atom stereocenters. The van der Waals surface area contributed by atoms with E-state index in [0.29, 0.717) is 6.10 Å². The van der Waals surface area contributed by atoms with Gasteiger partial charge in [-0.15, -0.1) is 23.1 Å². The van der Waals surface area contributed by atoms with Crippen molar-refractivity contribution in [3.8, 4) is 0 Å². The number of ether oxygens (including phenoxy) is 1. The highest BCUT2D eigenvalue weighted by atomic mass is 32.2. The lowest BCUT2D eigenvalue weighted by Crippen LogP contribution is -2.39. The highest BCUT2D eigenvalue weighted by molar-refractivity contribution is 7.99. The zero-order valence-electron chi connectivity index (χ0n) is 15.1. The van der Waals surface area contributed by atoms with Gasteiger partial charge in [-0.05, 0) is 54.8 Å². The fraction of sp³-hybridized carbons (Fsp3) is 0.476. The Kier molecular flexibility index (Phi) is 5.67. The van der Waals surface area contributed by atoms with Gasteiger partial charge in [0.25, 0.3) is 5.91 Å². The molecule has 0 radical (unpaired) electrons. The van der Waals surface area contributed by atoms with Crippen LogP contribution in [0.4, 0.5) is 0 Å². The quantitative estimate of drug-likeness (QED) is 0.663. The third-order valence-electron chi connectivity index (χ3n) is 5.31. The molecular weight excluding hydrogens is 362 g/mol. The molecule has 2 aromatic rings. The highest BCUT2D eigenvalue weighted by Crippen LogP contribution is 2.37. The van der Waals surface area contributed by atoms with Crippen LogP contribution in [-0.2, 0) is 11.2 Å². The molecule has 2 aliphatic rings. The summed E-state index contributed by atoms with van der Waals surface area (Å²) in [6.45, 7) is 3.87. The molecule has 2 atom stereocenters. The van der Waals surface area contributed by atoms with Crippen LogP contribution in [0.25, 0.3) is 0 Å². The fourth-order valence-corrected chi connectivity index (χ4v) is 6.00. The van der Waals surface area contributed by atoms with E-state index >= 15 is 0 Å². The van der Waals surface area contributed by atoms with Crippen molar-refractivity contribution >= 4 is 29.0 Å². The second-order valence-corrected chi connectivity index (χ2v) is 8.98. The number of benzene rings is 1. The first-order chi connectivity index (χ1) is 12.8. The number of thiophene rings is 1. The summed E-state index contributed by atoms with van der Waals surface area (Å²) in [5.41, 5.74) is 2.19. The topological polar surface area (TPSA) is 29.5 Å². The Morgan fingerprint density at radius 2 is 2.23 bits per heavy atom. The van der Waals surface area contributed by atoms with Gasteiger partial charge in [0.05, 0.1) is 17.7 Å². The number of fused-ring (bicyclic) bond motifs is 1. The maximum atomic E-state index is 13.4. The molecule has 0 aliphatic carbocycles. The van der Waals surface area contributed by atoms with E-state index in [9.17, 15) is 4.79 Å². The number of carbonyl (C=O) groups excluding carboxylic acids is 1. The zero-order valence-corrected chi connectivity index (χ0v) is 16.8. The van der Waals surface area contributed by atoms with Crippen LogP contribution < -0.4 is 0 Å². The van der Waals surface area contributed by atoms with Crippen molar-refractivity contribution < 1.29 is 9.53 Å². The molecule has 0 spiro atoms. The number of amides is 1. The molecule has 1 saturated heterocycles. The molecule has 5 heteroatoms. The number of carbonyl (C=O) groups is 1. The van der Waals surface area contributed by atoms with Crippen LogP contribution in [0.15, 0.2) is 40.6 Å². The molecule has 3 heterocycles. The van der Waals surface area contributed by atoms with Crippen LogP contribution in [0.1, 0.15) is 53.0 Å². The van der Waals surface area contributed by atoms with E-state index in [0.717, 1.165) is 55.0 Å². The van der Waals surface area contributed by atoms with Gasteiger partial charge >= 0.3 is 0 Å². The largest absolute Gasteiger partial charge is 0.377 e. The molecule has 4 rings (SSSR count). The minimum absolute atomic E-state index is 0.171. The summed E-state index contributed by atoms with van der Waals surface area (Å²) in [7, 11) is 0. The summed E-state index contributed by atoms with van der Waals surface area (Å²) in [5, 5.41) is 2.16. The van der Waals surface area contributed by atoms with E-state index in [4.69, 9.17) is 4.74 Å². The van der Waals surface area contributed by atoms with Crippen molar-refractivity contribution in [3.63, 3.8) is 0 Å². The van der Waals surface area contributed by atoms with Crippen molar-refractivity contribution in [3.05, 3.63) is 51.7 Å². The Labute approximate surface area is 163 Å². The summed E-state index contributed by atoms with van der Waals surface area (Å²) < 4.78 is 5.74. The lowest BCUT2D eigenvalue weighted by atomic mass is 9.97. The maximum absolute atomic E-state index is 13.4. The van der Waals surface area contributed by atoms with Gasteiger partial charge in [-0.2, -0.15) is 0 Å². The summed E-state index contributed by atoms with van der Waals surface area (Å²) >= 11 is 3.59. The van der Waals surface area contributed by atoms with E-state index < -0.39 is 0 Å². The standard InChI is InChI=1S/C21H25NO2S2/c1-2-18-16-10-13-25-20(16)9-11-22(18)21(23)17-7-3-4-8-19(17)26-14-15-6-5-12-24-15/h3-4,7-8,10,13,15,18H,2,5-6,9,11-12,14H2,1H3. The number of rotatable bonds is 5. The van der Waals surface area contributed by atoms with Gasteiger partial charge in [-0.25, -0.2) is 0 Å². The van der Waals surface area contributed by atoms with E-state index in [1.807, 2.05) is 29.5 Å². The fourth-order valence-electron chi connectivity index (χ4n) is 3.96. The van der Waals surface area contributed by atoms with Gasteiger partial charge in [-0.1, -0.05) is 19.1 Å². The maximum Gasteiger partial charge on any atom is 0.255 e. The molecule has 3 nitrogen and oxygen atoms in total. The molecule has 138 valence electrons. The van der Waals surface area contributed by atoms with Crippen LogP contribution in [0.5, 0.6) is 0 Å².